The lowest BCUT2D eigenvalue weighted by molar-refractivity contribution is -0.123. The first-order valence-electron chi connectivity index (χ1n) is 8.16. The second kappa shape index (κ2) is 8.39. The monoisotopic (exact) mass is 327 g/mol. The first kappa shape index (κ1) is 17.9. The number of hydrogen-bond acceptors (Lipinski definition) is 3. The standard InChI is InChI=1S/C20H25NO3/c1-5-19(18-10-9-14(2)11-15(18)3)21-20(22)13-24-17-8-6-7-16(12-17)23-4/h6-12,19H,5,13H2,1-4H3,(H,21,22). The lowest BCUT2D eigenvalue weighted by atomic mass is 9.97. The lowest BCUT2D eigenvalue weighted by Gasteiger charge is -2.20. The van der Waals surface area contributed by atoms with Crippen molar-refractivity contribution in [2.45, 2.75) is 33.2 Å². The minimum atomic E-state index is -0.135. The van der Waals surface area contributed by atoms with Crippen molar-refractivity contribution in [3.8, 4) is 11.5 Å². The zero-order valence-corrected chi connectivity index (χ0v) is 14.8. The molecule has 2 rings (SSSR count). The Bertz CT molecular complexity index is 697. The summed E-state index contributed by atoms with van der Waals surface area (Å²) in [5.74, 6) is 1.18. The summed E-state index contributed by atoms with van der Waals surface area (Å²) in [6.45, 7) is 6.18. The normalized spacial score (nSPS) is 11.7. The Balaban J connectivity index is 1.96. The van der Waals surface area contributed by atoms with E-state index in [2.05, 4.69) is 44.3 Å². The molecule has 0 aromatic heterocycles. The van der Waals surface area contributed by atoms with Gasteiger partial charge in [0, 0.05) is 6.07 Å². The fourth-order valence-corrected chi connectivity index (χ4v) is 2.69. The van der Waals surface area contributed by atoms with E-state index in [1.54, 1.807) is 19.2 Å². The van der Waals surface area contributed by atoms with E-state index in [1.807, 2.05) is 12.1 Å². The smallest absolute Gasteiger partial charge is 0.258 e. The van der Waals surface area contributed by atoms with Gasteiger partial charge in [-0.3, -0.25) is 4.79 Å². The van der Waals surface area contributed by atoms with E-state index >= 15 is 0 Å². The van der Waals surface area contributed by atoms with Crippen LogP contribution < -0.4 is 14.8 Å². The average Bonchev–Trinajstić information content (AvgIpc) is 2.58. The van der Waals surface area contributed by atoms with Gasteiger partial charge in [-0.15, -0.1) is 0 Å². The molecule has 0 spiro atoms. The Labute approximate surface area is 143 Å². The third-order valence-corrected chi connectivity index (χ3v) is 3.96. The van der Waals surface area contributed by atoms with E-state index in [-0.39, 0.29) is 18.6 Å². The van der Waals surface area contributed by atoms with Gasteiger partial charge in [-0.1, -0.05) is 36.8 Å². The molecule has 1 atom stereocenters. The Kier molecular flexibility index (Phi) is 6.24. The molecule has 2 aromatic carbocycles. The van der Waals surface area contributed by atoms with Crippen molar-refractivity contribution >= 4 is 5.91 Å². The minimum absolute atomic E-state index is 0.00740. The van der Waals surface area contributed by atoms with Crippen LogP contribution in [0.4, 0.5) is 0 Å². The van der Waals surface area contributed by atoms with Crippen molar-refractivity contribution in [2.75, 3.05) is 13.7 Å². The highest BCUT2D eigenvalue weighted by atomic mass is 16.5. The molecule has 1 N–H and O–H groups in total. The van der Waals surface area contributed by atoms with Gasteiger partial charge < -0.3 is 14.8 Å². The molecule has 0 aliphatic rings. The second-order valence-corrected chi connectivity index (χ2v) is 5.86. The molecule has 0 radical (unpaired) electrons. The van der Waals surface area contributed by atoms with Crippen LogP contribution in [0.3, 0.4) is 0 Å². The molecule has 24 heavy (non-hydrogen) atoms. The van der Waals surface area contributed by atoms with Crippen molar-refractivity contribution in [3.05, 3.63) is 59.2 Å². The van der Waals surface area contributed by atoms with Crippen molar-refractivity contribution in [3.63, 3.8) is 0 Å². The molecule has 0 bridgehead atoms. The van der Waals surface area contributed by atoms with Crippen LogP contribution in [0.25, 0.3) is 0 Å². The van der Waals surface area contributed by atoms with E-state index in [0.717, 1.165) is 12.0 Å². The maximum absolute atomic E-state index is 12.2. The van der Waals surface area contributed by atoms with Crippen LogP contribution in [-0.2, 0) is 4.79 Å². The van der Waals surface area contributed by atoms with E-state index in [1.165, 1.54) is 11.1 Å². The molecule has 0 aliphatic carbocycles. The maximum atomic E-state index is 12.2. The fraction of sp³-hybridized carbons (Fsp3) is 0.350. The van der Waals surface area contributed by atoms with E-state index in [9.17, 15) is 4.79 Å². The molecule has 0 aliphatic heterocycles. The Morgan fingerprint density at radius 1 is 1.12 bits per heavy atom. The lowest BCUT2D eigenvalue weighted by Crippen LogP contribution is -2.32. The Hall–Kier alpha value is -2.49. The molecule has 1 unspecified atom stereocenters. The first-order valence-corrected chi connectivity index (χ1v) is 8.16. The second-order valence-electron chi connectivity index (χ2n) is 5.86. The van der Waals surface area contributed by atoms with Crippen molar-refractivity contribution in [2.24, 2.45) is 0 Å². The molecule has 4 nitrogen and oxygen atoms in total. The number of carbonyl (C=O) groups is 1. The summed E-state index contributed by atoms with van der Waals surface area (Å²) in [5, 5.41) is 3.05. The van der Waals surface area contributed by atoms with Crippen LogP contribution in [-0.4, -0.2) is 19.6 Å². The summed E-state index contributed by atoms with van der Waals surface area (Å²) in [6, 6.07) is 13.5. The fourth-order valence-electron chi connectivity index (χ4n) is 2.69. The summed E-state index contributed by atoms with van der Waals surface area (Å²) < 4.78 is 10.7. The zero-order chi connectivity index (χ0) is 17.5. The topological polar surface area (TPSA) is 47.6 Å². The largest absolute Gasteiger partial charge is 0.497 e. The molecule has 0 saturated carbocycles. The number of aryl methyl sites for hydroxylation is 2. The number of ether oxygens (including phenoxy) is 2. The minimum Gasteiger partial charge on any atom is -0.497 e. The molecular weight excluding hydrogens is 302 g/mol. The van der Waals surface area contributed by atoms with Gasteiger partial charge in [-0.25, -0.2) is 0 Å². The molecule has 4 heteroatoms. The van der Waals surface area contributed by atoms with Gasteiger partial charge >= 0.3 is 0 Å². The Morgan fingerprint density at radius 2 is 1.88 bits per heavy atom. The molecule has 0 saturated heterocycles. The summed E-state index contributed by atoms with van der Waals surface area (Å²) >= 11 is 0. The number of amides is 1. The zero-order valence-electron chi connectivity index (χ0n) is 14.8. The summed E-state index contributed by atoms with van der Waals surface area (Å²) in [6.07, 6.45) is 0.828. The summed E-state index contributed by atoms with van der Waals surface area (Å²) in [7, 11) is 1.60. The summed E-state index contributed by atoms with van der Waals surface area (Å²) in [4.78, 5) is 12.2. The summed E-state index contributed by atoms with van der Waals surface area (Å²) in [5.41, 5.74) is 3.56. The molecule has 1 amide bonds. The van der Waals surface area contributed by atoms with E-state index in [0.29, 0.717) is 11.5 Å². The first-order chi connectivity index (χ1) is 11.5. The number of carbonyl (C=O) groups excluding carboxylic acids is 1. The highest BCUT2D eigenvalue weighted by Gasteiger charge is 2.15. The van der Waals surface area contributed by atoms with Gasteiger partial charge in [-0.05, 0) is 43.5 Å². The predicted octanol–water partition coefficient (Wildman–Crippen LogP) is 3.96. The number of benzene rings is 2. The molecule has 0 fully saturated rings. The van der Waals surface area contributed by atoms with Crippen LogP contribution in [0.2, 0.25) is 0 Å². The predicted molar refractivity (Wildman–Crippen MR) is 95.6 cm³/mol. The van der Waals surface area contributed by atoms with Crippen molar-refractivity contribution < 1.29 is 14.3 Å². The van der Waals surface area contributed by atoms with Gasteiger partial charge in [0.25, 0.3) is 5.91 Å². The third kappa shape index (κ3) is 4.75. The van der Waals surface area contributed by atoms with Gasteiger partial charge in [0.05, 0.1) is 13.2 Å². The molecule has 128 valence electrons. The van der Waals surface area contributed by atoms with Crippen molar-refractivity contribution in [1.82, 2.24) is 5.32 Å². The van der Waals surface area contributed by atoms with Crippen molar-refractivity contribution in [1.29, 1.82) is 0 Å². The number of hydrogen-bond donors (Lipinski definition) is 1. The van der Waals surface area contributed by atoms with Crippen LogP contribution >= 0.6 is 0 Å². The maximum Gasteiger partial charge on any atom is 0.258 e. The van der Waals surface area contributed by atoms with E-state index < -0.39 is 0 Å². The van der Waals surface area contributed by atoms with Crippen LogP contribution in [0.5, 0.6) is 11.5 Å². The molecular formula is C20H25NO3. The van der Waals surface area contributed by atoms with Crippen LogP contribution in [0.1, 0.15) is 36.1 Å². The average molecular weight is 327 g/mol. The van der Waals surface area contributed by atoms with Crippen LogP contribution in [0.15, 0.2) is 42.5 Å². The SMILES string of the molecule is CCC(NC(=O)COc1cccc(OC)c1)c1ccc(C)cc1C. The van der Waals surface area contributed by atoms with Gasteiger partial charge in [0.2, 0.25) is 0 Å². The molecule has 2 aromatic rings. The highest BCUT2D eigenvalue weighted by molar-refractivity contribution is 5.78. The van der Waals surface area contributed by atoms with Gasteiger partial charge in [0.15, 0.2) is 6.61 Å². The third-order valence-electron chi connectivity index (χ3n) is 3.96. The van der Waals surface area contributed by atoms with E-state index in [4.69, 9.17) is 9.47 Å². The quantitative estimate of drug-likeness (QED) is 0.837. The number of rotatable bonds is 7. The van der Waals surface area contributed by atoms with Gasteiger partial charge in [-0.2, -0.15) is 0 Å². The number of nitrogens with one attached hydrogen (secondary N) is 1. The van der Waals surface area contributed by atoms with Crippen LogP contribution in [0, 0.1) is 13.8 Å². The Morgan fingerprint density at radius 3 is 2.54 bits per heavy atom. The highest BCUT2D eigenvalue weighted by Crippen LogP contribution is 2.22. The number of methoxy groups -OCH3 is 1. The molecule has 0 heterocycles. The van der Waals surface area contributed by atoms with Gasteiger partial charge in [0.1, 0.15) is 11.5 Å².